The highest BCUT2D eigenvalue weighted by molar-refractivity contribution is 7.80. The topological polar surface area (TPSA) is 26.3 Å². The second kappa shape index (κ2) is 4.54. The summed E-state index contributed by atoms with van der Waals surface area (Å²) < 4.78 is 17.8. The van der Waals surface area contributed by atoms with E-state index in [9.17, 15) is 4.21 Å². The van der Waals surface area contributed by atoms with Crippen LogP contribution in [0.15, 0.2) is 29.2 Å². The van der Waals surface area contributed by atoms with E-state index in [2.05, 4.69) is 0 Å². The Kier molecular flexibility index (Phi) is 3.05. The third-order valence-corrected chi connectivity index (χ3v) is 5.18. The molecule has 2 nitrogen and oxygen atoms in total. The van der Waals surface area contributed by atoms with Gasteiger partial charge in [0.1, 0.15) is 0 Å². The van der Waals surface area contributed by atoms with Gasteiger partial charge in [-0.25, -0.2) is 4.21 Å². The van der Waals surface area contributed by atoms with E-state index < -0.39 is 11.1 Å². The lowest BCUT2D eigenvalue weighted by atomic mass is 9.98. The third-order valence-electron chi connectivity index (χ3n) is 4.10. The van der Waals surface area contributed by atoms with Crippen LogP contribution in [0.2, 0.25) is 0 Å². The van der Waals surface area contributed by atoms with Crippen molar-refractivity contribution in [2.75, 3.05) is 0 Å². The van der Waals surface area contributed by atoms with Gasteiger partial charge in [0.15, 0.2) is 11.1 Å². The molecule has 0 aliphatic heterocycles. The summed E-state index contributed by atoms with van der Waals surface area (Å²) in [5.74, 6) is 1.49. The predicted molar refractivity (Wildman–Crippen MR) is 67.9 cm³/mol. The summed E-state index contributed by atoms with van der Waals surface area (Å²) in [5.41, 5.74) is 1.19. The van der Waals surface area contributed by atoms with Gasteiger partial charge in [0.2, 0.25) is 0 Å². The summed E-state index contributed by atoms with van der Waals surface area (Å²) >= 11 is -1.28. The Bertz CT molecular complexity index is 426. The zero-order chi connectivity index (χ0) is 11.8. The lowest BCUT2D eigenvalue weighted by Crippen LogP contribution is -2.21. The maximum absolute atomic E-state index is 12.1. The van der Waals surface area contributed by atoms with E-state index in [4.69, 9.17) is 4.18 Å². The molecule has 1 aromatic carbocycles. The number of hydrogen-bond acceptors (Lipinski definition) is 2. The molecule has 2 aliphatic carbocycles. The zero-order valence-electron chi connectivity index (χ0n) is 10.1. The molecule has 3 heteroatoms. The smallest absolute Gasteiger partial charge is 0.189 e. The van der Waals surface area contributed by atoms with Gasteiger partial charge < -0.3 is 0 Å². The average molecular weight is 250 g/mol. The van der Waals surface area contributed by atoms with Crippen LogP contribution in [-0.4, -0.2) is 10.3 Å². The molecular weight excluding hydrogens is 232 g/mol. The Morgan fingerprint density at radius 2 is 1.94 bits per heavy atom. The van der Waals surface area contributed by atoms with Crippen molar-refractivity contribution in [1.82, 2.24) is 0 Å². The lowest BCUT2D eigenvalue weighted by Gasteiger charge is -2.20. The maximum Gasteiger partial charge on any atom is 0.189 e. The van der Waals surface area contributed by atoms with Gasteiger partial charge in [-0.2, -0.15) is 0 Å². The van der Waals surface area contributed by atoms with E-state index in [-0.39, 0.29) is 6.10 Å². The number of aryl methyl sites for hydroxylation is 1. The molecule has 2 fully saturated rings. The summed E-state index contributed by atoms with van der Waals surface area (Å²) in [6, 6.07) is 7.77. The monoisotopic (exact) mass is 250 g/mol. The minimum Gasteiger partial charge on any atom is -0.283 e. The summed E-state index contributed by atoms with van der Waals surface area (Å²) in [6.45, 7) is 2.03. The largest absolute Gasteiger partial charge is 0.283 e. The molecule has 4 atom stereocenters. The van der Waals surface area contributed by atoms with E-state index in [0.717, 1.165) is 17.2 Å². The van der Waals surface area contributed by atoms with Gasteiger partial charge in [-0.05, 0) is 56.6 Å². The first-order chi connectivity index (χ1) is 8.22. The van der Waals surface area contributed by atoms with Crippen LogP contribution in [0.3, 0.4) is 0 Å². The fraction of sp³-hybridized carbons (Fsp3) is 0.571. The molecule has 1 unspecified atom stereocenters. The van der Waals surface area contributed by atoms with Crippen molar-refractivity contribution in [3.05, 3.63) is 29.8 Å². The van der Waals surface area contributed by atoms with Crippen LogP contribution in [0.25, 0.3) is 0 Å². The first-order valence-electron chi connectivity index (χ1n) is 6.38. The highest BCUT2D eigenvalue weighted by Gasteiger charge is 2.41. The number of fused-ring (bicyclic) bond motifs is 2. The summed E-state index contributed by atoms with van der Waals surface area (Å²) in [4.78, 5) is 0.790. The van der Waals surface area contributed by atoms with Crippen molar-refractivity contribution in [3.8, 4) is 0 Å². The van der Waals surface area contributed by atoms with E-state index in [1.54, 1.807) is 0 Å². The molecule has 2 saturated carbocycles. The van der Waals surface area contributed by atoms with E-state index in [1.165, 1.54) is 24.8 Å². The fourth-order valence-corrected chi connectivity index (χ4v) is 4.05. The van der Waals surface area contributed by atoms with E-state index in [1.807, 2.05) is 31.2 Å². The molecule has 0 saturated heterocycles. The normalized spacial score (nSPS) is 32.9. The molecule has 17 heavy (non-hydrogen) atoms. The molecule has 1 aromatic rings. The number of hydrogen-bond donors (Lipinski definition) is 0. The summed E-state index contributed by atoms with van der Waals surface area (Å²) in [7, 11) is 0. The van der Waals surface area contributed by atoms with Crippen LogP contribution in [0, 0.1) is 18.8 Å². The van der Waals surface area contributed by atoms with Crippen LogP contribution >= 0.6 is 0 Å². The molecule has 3 rings (SSSR count). The Morgan fingerprint density at radius 3 is 2.53 bits per heavy atom. The molecule has 0 radical (unpaired) electrons. The SMILES string of the molecule is Cc1ccc(S(=O)O[C@@H]2C[C@@H]3CC[C@H]2C3)cc1. The first kappa shape index (κ1) is 11.4. The molecule has 2 aliphatic rings. The van der Waals surface area contributed by atoms with Crippen molar-refractivity contribution in [3.63, 3.8) is 0 Å². The minimum atomic E-state index is -1.28. The van der Waals surface area contributed by atoms with E-state index >= 15 is 0 Å². The van der Waals surface area contributed by atoms with Gasteiger partial charge in [0.05, 0.1) is 11.0 Å². The van der Waals surface area contributed by atoms with Crippen molar-refractivity contribution >= 4 is 11.1 Å². The molecule has 0 spiro atoms. The van der Waals surface area contributed by atoms with Crippen molar-refractivity contribution < 1.29 is 8.39 Å². The van der Waals surface area contributed by atoms with Gasteiger partial charge in [-0.15, -0.1) is 0 Å². The van der Waals surface area contributed by atoms with Gasteiger partial charge in [0, 0.05) is 0 Å². The Morgan fingerprint density at radius 1 is 1.18 bits per heavy atom. The van der Waals surface area contributed by atoms with Crippen LogP contribution in [0.1, 0.15) is 31.2 Å². The summed E-state index contributed by atoms with van der Waals surface area (Å²) in [5, 5.41) is 0. The van der Waals surface area contributed by atoms with Crippen molar-refractivity contribution in [2.45, 2.75) is 43.6 Å². The molecule has 0 N–H and O–H groups in total. The standard InChI is InChI=1S/C14H18O2S/c1-10-2-6-13(7-3-10)17(15)16-14-9-11-4-5-12(14)8-11/h2-3,6-7,11-12,14H,4-5,8-9H2,1H3/t11-,12+,14-,17?/m1/s1. The molecule has 0 heterocycles. The fourth-order valence-electron chi connectivity index (χ4n) is 3.12. The van der Waals surface area contributed by atoms with Crippen molar-refractivity contribution in [1.29, 1.82) is 0 Å². The van der Waals surface area contributed by atoms with Gasteiger partial charge in [0.25, 0.3) is 0 Å². The second-order valence-electron chi connectivity index (χ2n) is 5.36. The zero-order valence-corrected chi connectivity index (χ0v) is 10.9. The molecule has 92 valence electrons. The minimum absolute atomic E-state index is 0.232. The second-order valence-corrected chi connectivity index (χ2v) is 6.49. The van der Waals surface area contributed by atoms with Crippen LogP contribution < -0.4 is 0 Å². The first-order valence-corrected chi connectivity index (χ1v) is 7.45. The van der Waals surface area contributed by atoms with Crippen LogP contribution in [0.4, 0.5) is 0 Å². The molecule has 2 bridgehead atoms. The third kappa shape index (κ3) is 2.31. The molecular formula is C14H18O2S. The summed E-state index contributed by atoms with van der Waals surface area (Å²) in [6.07, 6.45) is 5.25. The highest BCUT2D eigenvalue weighted by atomic mass is 32.2. The number of benzene rings is 1. The van der Waals surface area contributed by atoms with Gasteiger partial charge in [-0.1, -0.05) is 17.7 Å². The Balaban J connectivity index is 1.65. The van der Waals surface area contributed by atoms with Gasteiger partial charge in [-0.3, -0.25) is 4.18 Å². The Hall–Kier alpha value is -0.670. The predicted octanol–water partition coefficient (Wildman–Crippen LogP) is 3.22. The molecule has 0 amide bonds. The maximum atomic E-state index is 12.1. The highest BCUT2D eigenvalue weighted by Crippen LogP contribution is 2.46. The average Bonchev–Trinajstić information content (AvgIpc) is 2.91. The Labute approximate surface area is 105 Å². The van der Waals surface area contributed by atoms with Gasteiger partial charge >= 0.3 is 0 Å². The van der Waals surface area contributed by atoms with E-state index in [0.29, 0.717) is 5.92 Å². The number of rotatable bonds is 3. The van der Waals surface area contributed by atoms with Crippen molar-refractivity contribution in [2.24, 2.45) is 11.8 Å². The quantitative estimate of drug-likeness (QED) is 0.823. The van der Waals surface area contributed by atoms with Crippen LogP contribution in [-0.2, 0) is 15.3 Å². The molecule has 0 aromatic heterocycles. The van der Waals surface area contributed by atoms with Crippen LogP contribution in [0.5, 0.6) is 0 Å². The lowest BCUT2D eigenvalue weighted by molar-refractivity contribution is 0.156.